The number of hydrogen-bond donors (Lipinski definition) is 0. The molecule has 9 nitrogen and oxygen atoms in total. The third kappa shape index (κ3) is 2.57. The van der Waals surface area contributed by atoms with Gasteiger partial charge in [0.05, 0.1) is 9.85 Å². The van der Waals surface area contributed by atoms with Crippen LogP contribution in [0.15, 0.2) is 18.2 Å². The molecular formula is C15H17N5O4. The van der Waals surface area contributed by atoms with Gasteiger partial charge in [0.25, 0.3) is 5.69 Å². The van der Waals surface area contributed by atoms with Crippen LogP contribution in [0.1, 0.15) is 23.7 Å². The standard InChI is InChI=1S/C15H17N5O4/c1-3-13-14(20(23)24)15(17(2)16-13)18-7-6-10-4-5-12(19(21)22)8-11(10)9-18/h4-5,8H,3,6-7,9H2,1-2H3. The van der Waals surface area contributed by atoms with E-state index < -0.39 is 9.85 Å². The van der Waals surface area contributed by atoms with Gasteiger partial charge in [0.2, 0.25) is 5.82 Å². The normalized spacial score (nSPS) is 13.7. The molecule has 0 aliphatic carbocycles. The quantitative estimate of drug-likeness (QED) is 0.628. The van der Waals surface area contributed by atoms with Crippen molar-refractivity contribution in [2.24, 2.45) is 7.05 Å². The molecule has 9 heteroatoms. The lowest BCUT2D eigenvalue weighted by molar-refractivity contribution is -0.384. The molecule has 0 spiro atoms. The second-order valence-corrected chi connectivity index (χ2v) is 5.73. The number of aromatic nitrogens is 2. The largest absolute Gasteiger partial charge is 0.346 e. The number of fused-ring (bicyclic) bond motifs is 1. The van der Waals surface area contributed by atoms with Gasteiger partial charge in [0.1, 0.15) is 5.69 Å². The molecule has 1 aromatic carbocycles. The molecule has 0 bridgehead atoms. The van der Waals surface area contributed by atoms with E-state index in [1.165, 1.54) is 10.7 Å². The van der Waals surface area contributed by atoms with E-state index in [1.54, 1.807) is 19.2 Å². The molecule has 1 aromatic heterocycles. The molecule has 0 saturated carbocycles. The van der Waals surface area contributed by atoms with Crippen molar-refractivity contribution < 1.29 is 9.85 Å². The minimum atomic E-state index is -0.430. The van der Waals surface area contributed by atoms with Gasteiger partial charge in [-0.25, -0.2) is 4.68 Å². The zero-order valence-electron chi connectivity index (χ0n) is 13.4. The predicted molar refractivity (Wildman–Crippen MR) is 87.1 cm³/mol. The molecule has 126 valence electrons. The first-order valence-corrected chi connectivity index (χ1v) is 7.63. The highest BCUT2D eigenvalue weighted by atomic mass is 16.6. The van der Waals surface area contributed by atoms with E-state index >= 15 is 0 Å². The van der Waals surface area contributed by atoms with Gasteiger partial charge in [0.15, 0.2) is 0 Å². The summed E-state index contributed by atoms with van der Waals surface area (Å²) < 4.78 is 1.53. The van der Waals surface area contributed by atoms with Crippen LogP contribution in [0.4, 0.5) is 17.2 Å². The van der Waals surface area contributed by atoms with Gasteiger partial charge < -0.3 is 4.90 Å². The Balaban J connectivity index is 2.01. The Labute approximate surface area is 137 Å². The van der Waals surface area contributed by atoms with Crippen LogP contribution in [0.25, 0.3) is 0 Å². The Hall–Kier alpha value is -2.97. The van der Waals surface area contributed by atoms with Crippen molar-refractivity contribution in [3.05, 3.63) is 55.2 Å². The van der Waals surface area contributed by atoms with Crippen molar-refractivity contribution in [1.82, 2.24) is 9.78 Å². The maximum absolute atomic E-state index is 11.5. The van der Waals surface area contributed by atoms with E-state index in [0.29, 0.717) is 37.4 Å². The number of non-ortho nitro benzene ring substituents is 1. The predicted octanol–water partition coefficient (Wildman–Crippen LogP) is 2.36. The number of anilines is 1. The Morgan fingerprint density at radius 2 is 1.96 bits per heavy atom. The topological polar surface area (TPSA) is 107 Å². The summed E-state index contributed by atoms with van der Waals surface area (Å²) in [5.74, 6) is 0.453. The van der Waals surface area contributed by atoms with Gasteiger partial charge in [-0.05, 0) is 24.0 Å². The summed E-state index contributed by atoms with van der Waals surface area (Å²) in [5.41, 5.74) is 2.36. The van der Waals surface area contributed by atoms with Crippen molar-refractivity contribution in [3.63, 3.8) is 0 Å². The molecule has 0 amide bonds. The van der Waals surface area contributed by atoms with Gasteiger partial charge in [-0.2, -0.15) is 5.10 Å². The third-order valence-electron chi connectivity index (χ3n) is 4.29. The van der Waals surface area contributed by atoms with Gasteiger partial charge in [-0.15, -0.1) is 0 Å². The fourth-order valence-electron chi connectivity index (χ4n) is 3.18. The molecular weight excluding hydrogens is 314 g/mol. The van der Waals surface area contributed by atoms with Gasteiger partial charge in [-0.1, -0.05) is 13.0 Å². The minimum Gasteiger partial charge on any atom is -0.346 e. The smallest absolute Gasteiger partial charge is 0.334 e. The highest BCUT2D eigenvalue weighted by Crippen LogP contribution is 2.35. The summed E-state index contributed by atoms with van der Waals surface area (Å²) >= 11 is 0. The molecule has 0 radical (unpaired) electrons. The Kier molecular flexibility index (Phi) is 3.92. The van der Waals surface area contributed by atoms with Crippen molar-refractivity contribution in [1.29, 1.82) is 0 Å². The van der Waals surface area contributed by atoms with E-state index in [2.05, 4.69) is 5.10 Å². The van der Waals surface area contributed by atoms with E-state index in [-0.39, 0.29) is 11.4 Å². The van der Waals surface area contributed by atoms with Gasteiger partial charge in [-0.3, -0.25) is 20.2 Å². The van der Waals surface area contributed by atoms with E-state index in [4.69, 9.17) is 0 Å². The maximum Gasteiger partial charge on any atom is 0.334 e. The third-order valence-corrected chi connectivity index (χ3v) is 4.29. The summed E-state index contributed by atoms with van der Waals surface area (Å²) in [7, 11) is 1.68. The van der Waals surface area contributed by atoms with Crippen LogP contribution in [0.5, 0.6) is 0 Å². The zero-order valence-corrected chi connectivity index (χ0v) is 13.4. The first-order valence-electron chi connectivity index (χ1n) is 7.63. The fourth-order valence-corrected chi connectivity index (χ4v) is 3.18. The number of rotatable bonds is 4. The molecule has 0 N–H and O–H groups in total. The lowest BCUT2D eigenvalue weighted by Crippen LogP contribution is -2.32. The summed E-state index contributed by atoms with van der Waals surface area (Å²) in [6.45, 7) is 2.82. The second kappa shape index (κ2) is 5.91. The van der Waals surface area contributed by atoms with E-state index in [0.717, 1.165) is 11.1 Å². The van der Waals surface area contributed by atoms with Crippen LogP contribution in [-0.2, 0) is 26.4 Å². The highest BCUT2D eigenvalue weighted by molar-refractivity contribution is 5.63. The van der Waals surface area contributed by atoms with Crippen LogP contribution in [0, 0.1) is 20.2 Å². The van der Waals surface area contributed by atoms with Gasteiger partial charge in [0, 0.05) is 32.3 Å². The summed E-state index contributed by atoms with van der Waals surface area (Å²) in [5, 5.41) is 26.7. The van der Waals surface area contributed by atoms with Crippen LogP contribution < -0.4 is 4.90 Å². The molecule has 24 heavy (non-hydrogen) atoms. The lowest BCUT2D eigenvalue weighted by Gasteiger charge is -2.29. The number of nitro benzene ring substituents is 1. The number of nitro groups is 2. The number of hydrogen-bond acceptors (Lipinski definition) is 6. The van der Waals surface area contributed by atoms with Crippen LogP contribution >= 0.6 is 0 Å². The molecule has 0 fully saturated rings. The molecule has 1 aliphatic heterocycles. The summed E-state index contributed by atoms with van der Waals surface area (Å²) in [6, 6.07) is 4.81. The molecule has 0 unspecified atom stereocenters. The Morgan fingerprint density at radius 1 is 1.21 bits per heavy atom. The number of benzene rings is 1. The lowest BCUT2D eigenvalue weighted by atomic mass is 9.99. The van der Waals surface area contributed by atoms with Crippen molar-refractivity contribution in [2.75, 3.05) is 11.4 Å². The SMILES string of the molecule is CCc1nn(C)c(N2CCc3ccc([N+](=O)[O-])cc3C2)c1[N+](=O)[O-]. The second-order valence-electron chi connectivity index (χ2n) is 5.73. The number of nitrogens with zero attached hydrogens (tertiary/aromatic N) is 5. The first-order chi connectivity index (χ1) is 11.4. The van der Waals surface area contributed by atoms with Crippen LogP contribution in [0.2, 0.25) is 0 Å². The average molecular weight is 331 g/mol. The summed E-state index contributed by atoms with van der Waals surface area (Å²) in [6.07, 6.45) is 1.15. The first kappa shape index (κ1) is 15.9. The van der Waals surface area contributed by atoms with Crippen LogP contribution in [0.3, 0.4) is 0 Å². The number of aryl methyl sites for hydroxylation is 2. The molecule has 3 rings (SSSR count). The summed E-state index contributed by atoms with van der Waals surface area (Å²) in [4.78, 5) is 23.5. The average Bonchev–Trinajstić information content (AvgIpc) is 2.90. The molecule has 2 heterocycles. The van der Waals surface area contributed by atoms with Crippen molar-refractivity contribution in [2.45, 2.75) is 26.3 Å². The zero-order chi connectivity index (χ0) is 17.4. The highest BCUT2D eigenvalue weighted by Gasteiger charge is 2.31. The molecule has 2 aromatic rings. The molecule has 1 aliphatic rings. The van der Waals surface area contributed by atoms with E-state index in [1.807, 2.05) is 11.8 Å². The minimum absolute atomic E-state index is 0.0221. The van der Waals surface area contributed by atoms with Crippen molar-refractivity contribution in [3.8, 4) is 0 Å². The molecule has 0 saturated heterocycles. The molecule has 0 atom stereocenters. The Morgan fingerprint density at radius 3 is 2.58 bits per heavy atom. The monoisotopic (exact) mass is 331 g/mol. The van der Waals surface area contributed by atoms with E-state index in [9.17, 15) is 20.2 Å². The maximum atomic E-state index is 11.5. The fraction of sp³-hybridized carbons (Fsp3) is 0.400. The van der Waals surface area contributed by atoms with Gasteiger partial charge >= 0.3 is 5.69 Å². The van der Waals surface area contributed by atoms with Crippen molar-refractivity contribution >= 4 is 17.2 Å². The Bertz CT molecular complexity index is 830. The van der Waals surface area contributed by atoms with Crippen LogP contribution in [-0.4, -0.2) is 26.2 Å².